The Hall–Kier alpha value is -2.62. The van der Waals surface area contributed by atoms with Crippen LogP contribution in [0.5, 0.6) is 0 Å². The van der Waals surface area contributed by atoms with Crippen molar-refractivity contribution in [3.63, 3.8) is 0 Å². The molecule has 0 unspecified atom stereocenters. The molecule has 0 aliphatic carbocycles. The molecule has 26 heavy (non-hydrogen) atoms. The fourth-order valence-electron chi connectivity index (χ4n) is 3.89. The van der Waals surface area contributed by atoms with Crippen molar-refractivity contribution in [3.8, 4) is 6.07 Å². The number of likely N-dealkylation sites (N-methyl/N-ethyl adjacent to an activating group) is 1. The summed E-state index contributed by atoms with van der Waals surface area (Å²) >= 11 is 0. The molecule has 0 spiro atoms. The summed E-state index contributed by atoms with van der Waals surface area (Å²) in [6, 6.07) is 4.14. The van der Waals surface area contributed by atoms with E-state index in [2.05, 4.69) is 16.0 Å². The van der Waals surface area contributed by atoms with Crippen molar-refractivity contribution in [1.29, 1.82) is 5.26 Å². The van der Waals surface area contributed by atoms with Crippen LogP contribution in [-0.2, 0) is 9.59 Å². The van der Waals surface area contributed by atoms with E-state index in [9.17, 15) is 14.9 Å². The van der Waals surface area contributed by atoms with Crippen molar-refractivity contribution in [1.82, 2.24) is 14.8 Å². The highest BCUT2D eigenvalue weighted by atomic mass is 16.2. The molecule has 2 atom stereocenters. The fourth-order valence-corrected chi connectivity index (χ4v) is 3.89. The number of rotatable bonds is 3. The van der Waals surface area contributed by atoms with Crippen molar-refractivity contribution < 1.29 is 9.59 Å². The van der Waals surface area contributed by atoms with E-state index >= 15 is 0 Å². The Morgan fingerprint density at radius 2 is 2.08 bits per heavy atom. The number of aryl methyl sites for hydroxylation is 2. The second-order valence-electron chi connectivity index (χ2n) is 7.48. The lowest BCUT2D eigenvalue weighted by molar-refractivity contribution is -0.145. The first-order chi connectivity index (χ1) is 12.3. The van der Waals surface area contributed by atoms with Crippen molar-refractivity contribution in [2.45, 2.75) is 32.7 Å². The standard InChI is InChI=1S/C19H25N5O2/c1-12-7-13(2)21-18(16(12)8-20)23-9-14-5-6-15(10-23)24(19(14)26)11-17(25)22(3)4/h7,14-15H,5-6,9-11H2,1-4H3/t14-,15+/m1/s1. The molecule has 0 saturated carbocycles. The lowest BCUT2D eigenvalue weighted by Crippen LogP contribution is -2.51. The maximum atomic E-state index is 12.9. The van der Waals surface area contributed by atoms with Crippen LogP contribution in [0, 0.1) is 31.1 Å². The van der Waals surface area contributed by atoms with Crippen LogP contribution in [-0.4, -0.2) is 66.4 Å². The van der Waals surface area contributed by atoms with Gasteiger partial charge in [-0.1, -0.05) is 0 Å². The summed E-state index contributed by atoms with van der Waals surface area (Å²) in [5.74, 6) is 0.481. The molecule has 138 valence electrons. The summed E-state index contributed by atoms with van der Waals surface area (Å²) < 4.78 is 0. The number of amides is 2. The number of fused-ring (bicyclic) bond motifs is 4. The fraction of sp³-hybridized carbons (Fsp3) is 0.579. The van der Waals surface area contributed by atoms with E-state index < -0.39 is 0 Å². The minimum absolute atomic E-state index is 0.0284. The molecule has 1 aromatic rings. The van der Waals surface area contributed by atoms with Crippen LogP contribution in [0.15, 0.2) is 6.07 Å². The lowest BCUT2D eigenvalue weighted by atomic mass is 9.94. The second-order valence-corrected chi connectivity index (χ2v) is 7.48. The number of aromatic nitrogens is 1. The van der Waals surface area contributed by atoms with Gasteiger partial charge in [0.2, 0.25) is 11.8 Å². The SMILES string of the molecule is Cc1cc(C)c(C#N)c(N2C[C@H]3CC[C@@H](C2)N(CC(=O)N(C)C)C3=O)n1. The maximum absolute atomic E-state index is 12.9. The van der Waals surface area contributed by atoms with Gasteiger partial charge in [-0.05, 0) is 38.3 Å². The molecule has 4 rings (SSSR count). The predicted molar refractivity (Wildman–Crippen MR) is 97.6 cm³/mol. The molecular weight excluding hydrogens is 330 g/mol. The van der Waals surface area contributed by atoms with Gasteiger partial charge in [0.1, 0.15) is 18.4 Å². The van der Waals surface area contributed by atoms with E-state index in [0.717, 1.165) is 24.1 Å². The van der Waals surface area contributed by atoms with Gasteiger partial charge >= 0.3 is 0 Å². The van der Waals surface area contributed by atoms with Gasteiger partial charge in [-0.15, -0.1) is 0 Å². The van der Waals surface area contributed by atoms with Gasteiger partial charge in [0, 0.05) is 38.9 Å². The van der Waals surface area contributed by atoms with Crippen LogP contribution in [0.1, 0.15) is 29.7 Å². The van der Waals surface area contributed by atoms with E-state index in [-0.39, 0.29) is 30.3 Å². The van der Waals surface area contributed by atoms with Crippen molar-refractivity contribution >= 4 is 17.6 Å². The normalized spacial score (nSPS) is 22.2. The van der Waals surface area contributed by atoms with Crippen LogP contribution >= 0.6 is 0 Å². The zero-order valence-corrected chi connectivity index (χ0v) is 15.8. The third-order valence-corrected chi connectivity index (χ3v) is 5.33. The Bertz CT molecular complexity index is 783. The van der Waals surface area contributed by atoms with E-state index in [1.807, 2.05) is 19.9 Å². The van der Waals surface area contributed by atoms with E-state index in [1.54, 1.807) is 19.0 Å². The summed E-state index contributed by atoms with van der Waals surface area (Å²) in [7, 11) is 3.40. The van der Waals surface area contributed by atoms with Crippen molar-refractivity contribution in [3.05, 3.63) is 22.9 Å². The number of pyridine rings is 1. The number of nitriles is 1. The van der Waals surface area contributed by atoms with Crippen molar-refractivity contribution in [2.24, 2.45) is 5.92 Å². The number of nitrogens with zero attached hydrogens (tertiary/aromatic N) is 5. The number of carbonyl (C=O) groups is 2. The van der Waals surface area contributed by atoms with Crippen LogP contribution in [0.2, 0.25) is 0 Å². The average Bonchev–Trinajstić information content (AvgIpc) is 2.86. The third kappa shape index (κ3) is 3.24. The Morgan fingerprint density at radius 3 is 2.73 bits per heavy atom. The largest absolute Gasteiger partial charge is 0.353 e. The Labute approximate surface area is 154 Å². The predicted octanol–water partition coefficient (Wildman–Crippen LogP) is 1.09. The van der Waals surface area contributed by atoms with Crippen LogP contribution < -0.4 is 4.90 Å². The first kappa shape index (κ1) is 18.2. The minimum Gasteiger partial charge on any atom is -0.353 e. The van der Waals surface area contributed by atoms with Gasteiger partial charge in [-0.2, -0.15) is 5.26 Å². The molecule has 7 nitrogen and oxygen atoms in total. The minimum atomic E-state index is -0.155. The van der Waals surface area contributed by atoms with E-state index in [1.165, 1.54) is 4.90 Å². The number of anilines is 1. The number of hydrogen-bond donors (Lipinski definition) is 0. The highest BCUT2D eigenvalue weighted by Crippen LogP contribution is 2.33. The first-order valence-electron chi connectivity index (χ1n) is 8.95. The molecule has 3 aliphatic rings. The van der Waals surface area contributed by atoms with Gasteiger partial charge < -0.3 is 14.7 Å². The Kier molecular flexibility index (Phi) is 4.86. The highest BCUT2D eigenvalue weighted by molar-refractivity contribution is 5.87. The van der Waals surface area contributed by atoms with E-state index in [4.69, 9.17) is 0 Å². The average molecular weight is 355 g/mol. The highest BCUT2D eigenvalue weighted by Gasteiger charge is 2.42. The summed E-state index contributed by atoms with van der Waals surface area (Å²) in [6.45, 7) is 5.10. The molecule has 3 fully saturated rings. The molecule has 2 amide bonds. The topological polar surface area (TPSA) is 80.5 Å². The Morgan fingerprint density at radius 1 is 1.35 bits per heavy atom. The summed E-state index contributed by atoms with van der Waals surface area (Å²) in [4.78, 5) is 34.9. The number of piperidine rings is 1. The summed E-state index contributed by atoms with van der Waals surface area (Å²) in [5, 5.41) is 9.58. The smallest absolute Gasteiger partial charge is 0.241 e. The molecule has 0 aromatic carbocycles. The summed E-state index contributed by atoms with van der Waals surface area (Å²) in [5.41, 5.74) is 2.33. The molecule has 1 aromatic heterocycles. The molecule has 3 saturated heterocycles. The summed E-state index contributed by atoms with van der Waals surface area (Å²) in [6.07, 6.45) is 1.69. The molecule has 0 radical (unpaired) electrons. The van der Waals surface area contributed by atoms with Gasteiger partial charge in [0.05, 0.1) is 11.5 Å². The van der Waals surface area contributed by atoms with Gasteiger partial charge in [-0.3, -0.25) is 9.59 Å². The number of hydrogen-bond acceptors (Lipinski definition) is 5. The third-order valence-electron chi connectivity index (χ3n) is 5.33. The molecule has 2 bridgehead atoms. The maximum Gasteiger partial charge on any atom is 0.241 e. The van der Waals surface area contributed by atoms with Gasteiger partial charge in [-0.25, -0.2) is 4.98 Å². The van der Waals surface area contributed by atoms with Crippen LogP contribution in [0.3, 0.4) is 0 Å². The number of carbonyl (C=O) groups excluding carboxylic acids is 2. The first-order valence-corrected chi connectivity index (χ1v) is 8.95. The van der Waals surface area contributed by atoms with Crippen LogP contribution in [0.4, 0.5) is 5.82 Å². The lowest BCUT2D eigenvalue weighted by Gasteiger charge is -2.36. The zero-order valence-electron chi connectivity index (χ0n) is 15.8. The molecular formula is C19H25N5O2. The molecule has 4 heterocycles. The van der Waals surface area contributed by atoms with Crippen LogP contribution in [0.25, 0.3) is 0 Å². The quantitative estimate of drug-likeness (QED) is 0.811. The van der Waals surface area contributed by atoms with E-state index in [0.29, 0.717) is 24.5 Å². The molecule has 3 aliphatic heterocycles. The monoisotopic (exact) mass is 355 g/mol. The van der Waals surface area contributed by atoms with Crippen molar-refractivity contribution in [2.75, 3.05) is 38.6 Å². The molecule has 0 N–H and O–H groups in total. The Balaban J connectivity index is 1.92. The van der Waals surface area contributed by atoms with Gasteiger partial charge in [0.15, 0.2) is 0 Å². The zero-order chi connectivity index (χ0) is 19.0. The van der Waals surface area contributed by atoms with Gasteiger partial charge in [0.25, 0.3) is 0 Å². The second kappa shape index (κ2) is 6.94. The molecule has 7 heteroatoms.